The van der Waals surface area contributed by atoms with E-state index in [-0.39, 0.29) is 11.8 Å². The summed E-state index contributed by atoms with van der Waals surface area (Å²) in [4.78, 5) is 14.7. The molecule has 0 saturated carbocycles. The van der Waals surface area contributed by atoms with Crippen molar-refractivity contribution in [3.05, 3.63) is 30.1 Å². The Bertz CT molecular complexity index is 531. The minimum absolute atomic E-state index is 0.103. The van der Waals surface area contributed by atoms with E-state index in [1.54, 1.807) is 31.5 Å². The second-order valence-electron chi connectivity index (χ2n) is 4.62. The Balaban J connectivity index is 2.79. The zero-order valence-corrected chi connectivity index (χ0v) is 12.5. The Morgan fingerprint density at radius 2 is 2.00 bits per heavy atom. The molecule has 0 saturated heterocycles. The molecular weight excluding hydrogens is 280 g/mol. The van der Waals surface area contributed by atoms with Crippen molar-refractivity contribution < 1.29 is 18.3 Å². The van der Waals surface area contributed by atoms with Crippen LogP contribution < -0.4 is 0 Å². The molecule has 1 atom stereocenters. The fourth-order valence-electron chi connectivity index (χ4n) is 1.78. The summed E-state index contributed by atoms with van der Waals surface area (Å²) in [5, 5.41) is 8.86. The van der Waals surface area contributed by atoms with Crippen LogP contribution in [0, 0.1) is 0 Å². The lowest BCUT2D eigenvalue weighted by Gasteiger charge is -2.26. The van der Waals surface area contributed by atoms with Gasteiger partial charge in [0.2, 0.25) is 10.0 Å². The molecule has 1 heterocycles. The van der Waals surface area contributed by atoms with E-state index in [4.69, 9.17) is 5.11 Å². The zero-order chi connectivity index (χ0) is 15.2. The Morgan fingerprint density at radius 3 is 2.50 bits per heavy atom. The number of aromatic nitrogens is 1. The van der Waals surface area contributed by atoms with E-state index in [0.29, 0.717) is 12.8 Å². The number of nitrogens with zero attached hydrogens (tertiary/aromatic N) is 2. The molecule has 0 bridgehead atoms. The van der Waals surface area contributed by atoms with Gasteiger partial charge in [0, 0.05) is 18.4 Å². The molecule has 0 fully saturated rings. The van der Waals surface area contributed by atoms with Gasteiger partial charge in [0.25, 0.3) is 0 Å². The normalized spacial score (nSPS) is 13.3. The quantitative estimate of drug-likeness (QED) is 0.778. The molecule has 7 heteroatoms. The molecule has 1 N–H and O–H groups in total. The molecule has 1 aromatic heterocycles. The van der Waals surface area contributed by atoms with Gasteiger partial charge in [-0.25, -0.2) is 8.42 Å². The fraction of sp³-hybridized carbons (Fsp3) is 0.538. The van der Waals surface area contributed by atoms with E-state index in [2.05, 4.69) is 4.98 Å². The van der Waals surface area contributed by atoms with E-state index in [1.165, 1.54) is 0 Å². The largest absolute Gasteiger partial charge is 0.480 e. The number of pyridine rings is 1. The highest BCUT2D eigenvalue weighted by atomic mass is 32.2. The molecule has 112 valence electrons. The number of carbonyl (C=O) groups is 1. The van der Waals surface area contributed by atoms with Gasteiger partial charge >= 0.3 is 5.97 Å². The monoisotopic (exact) mass is 300 g/mol. The number of sulfonamides is 1. The summed E-state index contributed by atoms with van der Waals surface area (Å²) in [5.41, 5.74) is 0.864. The van der Waals surface area contributed by atoms with E-state index in [9.17, 15) is 13.2 Å². The summed E-state index contributed by atoms with van der Waals surface area (Å²) in [5.74, 6) is -1.24. The number of carboxylic acids is 1. The van der Waals surface area contributed by atoms with Gasteiger partial charge in [-0.1, -0.05) is 6.92 Å². The van der Waals surface area contributed by atoms with Crippen LogP contribution in [0.5, 0.6) is 0 Å². The van der Waals surface area contributed by atoms with Crippen molar-refractivity contribution in [3.63, 3.8) is 0 Å². The molecule has 0 amide bonds. The van der Waals surface area contributed by atoms with Gasteiger partial charge in [-0.15, -0.1) is 0 Å². The lowest BCUT2D eigenvalue weighted by atomic mass is 10.2. The van der Waals surface area contributed by atoms with Crippen LogP contribution in [0.25, 0.3) is 0 Å². The van der Waals surface area contributed by atoms with Gasteiger partial charge in [-0.05, 0) is 37.5 Å². The molecule has 6 nitrogen and oxygen atoms in total. The standard InChI is InChI=1S/C13H20N2O4S/c1-3-11(2)15(10-13(16)17)20(18,19)9-6-12-4-7-14-8-5-12/h4-5,7-8,11H,3,6,9-10H2,1-2H3,(H,16,17). The van der Waals surface area contributed by atoms with Crippen molar-refractivity contribution in [2.24, 2.45) is 0 Å². The molecule has 1 rings (SSSR count). The van der Waals surface area contributed by atoms with Crippen molar-refractivity contribution in [1.29, 1.82) is 0 Å². The zero-order valence-electron chi connectivity index (χ0n) is 11.7. The summed E-state index contributed by atoms with van der Waals surface area (Å²) in [6.07, 6.45) is 4.12. The molecule has 0 spiro atoms. The van der Waals surface area contributed by atoms with Crippen LogP contribution in [0.3, 0.4) is 0 Å². The molecule has 0 aliphatic heterocycles. The Morgan fingerprint density at radius 1 is 1.40 bits per heavy atom. The second-order valence-corrected chi connectivity index (χ2v) is 6.66. The van der Waals surface area contributed by atoms with Gasteiger partial charge in [-0.3, -0.25) is 9.78 Å². The third-order valence-electron chi connectivity index (χ3n) is 3.13. The summed E-state index contributed by atoms with van der Waals surface area (Å²) in [6.45, 7) is 3.05. The van der Waals surface area contributed by atoms with E-state index < -0.39 is 22.5 Å². The van der Waals surface area contributed by atoms with Crippen LogP contribution in [0.2, 0.25) is 0 Å². The smallest absolute Gasteiger partial charge is 0.318 e. The second kappa shape index (κ2) is 7.35. The highest BCUT2D eigenvalue weighted by Gasteiger charge is 2.28. The predicted octanol–water partition coefficient (Wildman–Crippen LogP) is 1.14. The Labute approximate surface area is 119 Å². The summed E-state index contributed by atoms with van der Waals surface area (Å²) < 4.78 is 25.6. The van der Waals surface area contributed by atoms with Crippen LogP contribution in [0.1, 0.15) is 25.8 Å². The number of hydrogen-bond donors (Lipinski definition) is 1. The Kier molecular flexibility index (Phi) is 6.09. The number of rotatable bonds is 8. The molecule has 1 unspecified atom stereocenters. The van der Waals surface area contributed by atoms with E-state index >= 15 is 0 Å². The number of aliphatic carboxylic acids is 1. The van der Waals surface area contributed by atoms with Gasteiger partial charge in [0.1, 0.15) is 6.54 Å². The third kappa shape index (κ3) is 4.90. The highest BCUT2D eigenvalue weighted by molar-refractivity contribution is 7.89. The van der Waals surface area contributed by atoms with Crippen LogP contribution in [-0.4, -0.2) is 47.1 Å². The highest BCUT2D eigenvalue weighted by Crippen LogP contribution is 2.12. The molecule has 20 heavy (non-hydrogen) atoms. The number of carboxylic acid groups (broad SMARTS) is 1. The van der Waals surface area contributed by atoms with Crippen molar-refractivity contribution in [2.75, 3.05) is 12.3 Å². The summed E-state index contributed by atoms with van der Waals surface area (Å²) >= 11 is 0. The minimum atomic E-state index is -3.59. The molecule has 1 aromatic rings. The van der Waals surface area contributed by atoms with Crippen LogP contribution in [-0.2, 0) is 21.2 Å². The van der Waals surface area contributed by atoms with Gasteiger partial charge < -0.3 is 5.11 Å². The van der Waals surface area contributed by atoms with E-state index in [0.717, 1.165) is 9.87 Å². The van der Waals surface area contributed by atoms with Crippen LogP contribution in [0.4, 0.5) is 0 Å². The minimum Gasteiger partial charge on any atom is -0.480 e. The maximum absolute atomic E-state index is 12.3. The topological polar surface area (TPSA) is 87.6 Å². The van der Waals surface area contributed by atoms with Gasteiger partial charge in [0.05, 0.1) is 5.75 Å². The third-order valence-corrected chi connectivity index (χ3v) is 5.05. The summed E-state index contributed by atoms with van der Waals surface area (Å²) in [6, 6.07) is 3.18. The predicted molar refractivity (Wildman–Crippen MR) is 75.8 cm³/mol. The molecule has 0 radical (unpaired) electrons. The number of aryl methyl sites for hydroxylation is 1. The van der Waals surface area contributed by atoms with Crippen molar-refractivity contribution in [3.8, 4) is 0 Å². The average Bonchev–Trinajstić information content (AvgIpc) is 2.42. The number of hydrogen-bond acceptors (Lipinski definition) is 4. The van der Waals surface area contributed by atoms with Crippen LogP contribution in [0.15, 0.2) is 24.5 Å². The van der Waals surface area contributed by atoms with Crippen LogP contribution >= 0.6 is 0 Å². The molecular formula is C13H20N2O4S. The first-order valence-corrected chi connectivity index (χ1v) is 8.08. The van der Waals surface area contributed by atoms with E-state index in [1.807, 2.05) is 6.92 Å². The first-order chi connectivity index (χ1) is 9.36. The fourth-order valence-corrected chi connectivity index (χ4v) is 3.51. The first-order valence-electron chi connectivity index (χ1n) is 6.47. The maximum atomic E-state index is 12.3. The first kappa shape index (κ1) is 16.6. The average molecular weight is 300 g/mol. The molecule has 0 aromatic carbocycles. The van der Waals surface area contributed by atoms with Crippen molar-refractivity contribution >= 4 is 16.0 Å². The molecule has 0 aliphatic rings. The lowest BCUT2D eigenvalue weighted by molar-refractivity contribution is -0.137. The maximum Gasteiger partial charge on any atom is 0.318 e. The van der Waals surface area contributed by atoms with Crippen molar-refractivity contribution in [1.82, 2.24) is 9.29 Å². The molecule has 0 aliphatic carbocycles. The Hall–Kier alpha value is -1.47. The lowest BCUT2D eigenvalue weighted by Crippen LogP contribution is -2.43. The van der Waals surface area contributed by atoms with Crippen molar-refractivity contribution in [2.45, 2.75) is 32.7 Å². The van der Waals surface area contributed by atoms with Gasteiger partial charge in [-0.2, -0.15) is 4.31 Å². The summed E-state index contributed by atoms with van der Waals surface area (Å²) in [7, 11) is -3.59. The van der Waals surface area contributed by atoms with Gasteiger partial charge in [0.15, 0.2) is 0 Å². The SMILES string of the molecule is CCC(C)N(CC(=O)O)S(=O)(=O)CCc1ccncc1.